The van der Waals surface area contributed by atoms with Gasteiger partial charge in [0.1, 0.15) is 6.04 Å². The molecule has 1 unspecified atom stereocenters. The Morgan fingerprint density at radius 1 is 1.23 bits per heavy atom. The zero-order valence-corrected chi connectivity index (χ0v) is 16.7. The largest absolute Gasteiger partial charge is 0.354 e. The van der Waals surface area contributed by atoms with Gasteiger partial charge in [0.15, 0.2) is 0 Å². The molecule has 2 rings (SSSR count). The van der Waals surface area contributed by atoms with Crippen LogP contribution in [0.3, 0.4) is 0 Å². The molecule has 1 aliphatic heterocycles. The summed E-state index contributed by atoms with van der Waals surface area (Å²) in [6.07, 6.45) is 5.07. The summed E-state index contributed by atoms with van der Waals surface area (Å²) in [5.41, 5.74) is 1.09. The molecule has 1 aromatic carbocycles. The Morgan fingerprint density at radius 3 is 2.58 bits per heavy atom. The molecule has 3 N–H and O–H groups in total. The minimum Gasteiger partial charge on any atom is -0.354 e. The molecule has 2 amide bonds. The van der Waals surface area contributed by atoms with Crippen LogP contribution in [-0.2, 0) is 16.0 Å². The van der Waals surface area contributed by atoms with E-state index < -0.39 is 6.04 Å². The average Bonchev–Trinajstić information content (AvgIpc) is 2.64. The molecule has 0 bridgehead atoms. The van der Waals surface area contributed by atoms with Gasteiger partial charge in [-0.25, -0.2) is 0 Å². The quantitative estimate of drug-likeness (QED) is 0.615. The molecule has 0 aromatic heterocycles. The molecule has 1 aliphatic rings. The van der Waals surface area contributed by atoms with Crippen LogP contribution in [0.5, 0.6) is 0 Å². The standard InChI is InChI=1S/C20H31N3O2S/c1-20(9-11-21-12-10-20)15-22-19(25)17(8-13-26-2)23-18(24)14-16-6-4-3-5-7-16/h3-7,17,21H,8-15H2,1-2H3,(H,22,25)(H,23,24). The van der Waals surface area contributed by atoms with E-state index in [-0.39, 0.29) is 17.2 Å². The third kappa shape index (κ3) is 7.00. The highest BCUT2D eigenvalue weighted by Gasteiger charge is 2.28. The van der Waals surface area contributed by atoms with Crippen molar-refractivity contribution in [1.82, 2.24) is 16.0 Å². The molecule has 1 aromatic rings. The van der Waals surface area contributed by atoms with Crippen molar-refractivity contribution in [2.45, 2.75) is 38.6 Å². The molecule has 26 heavy (non-hydrogen) atoms. The van der Waals surface area contributed by atoms with Crippen LogP contribution in [-0.4, -0.2) is 49.5 Å². The van der Waals surface area contributed by atoms with E-state index in [0.717, 1.165) is 37.2 Å². The fraction of sp³-hybridized carbons (Fsp3) is 0.600. The lowest BCUT2D eigenvalue weighted by molar-refractivity contribution is -0.129. The van der Waals surface area contributed by atoms with Crippen LogP contribution in [0.2, 0.25) is 0 Å². The number of thioether (sulfide) groups is 1. The van der Waals surface area contributed by atoms with E-state index in [9.17, 15) is 9.59 Å². The number of carbonyl (C=O) groups excluding carboxylic acids is 2. The molecule has 0 saturated carbocycles. The van der Waals surface area contributed by atoms with Gasteiger partial charge in [0.05, 0.1) is 6.42 Å². The predicted molar refractivity (Wildman–Crippen MR) is 108 cm³/mol. The highest BCUT2D eigenvalue weighted by molar-refractivity contribution is 7.98. The lowest BCUT2D eigenvalue weighted by Crippen LogP contribution is -2.50. The minimum atomic E-state index is -0.469. The Bertz CT molecular complexity index is 574. The van der Waals surface area contributed by atoms with E-state index in [1.54, 1.807) is 11.8 Å². The summed E-state index contributed by atoms with van der Waals surface area (Å²) in [6.45, 7) is 4.88. The summed E-state index contributed by atoms with van der Waals surface area (Å²) in [7, 11) is 0. The number of rotatable bonds is 9. The van der Waals surface area contributed by atoms with Crippen LogP contribution in [0.1, 0.15) is 31.7 Å². The number of hydrogen-bond acceptors (Lipinski definition) is 4. The van der Waals surface area contributed by atoms with Crippen LogP contribution in [0.4, 0.5) is 0 Å². The molecule has 0 spiro atoms. The summed E-state index contributed by atoms with van der Waals surface area (Å²) >= 11 is 1.68. The van der Waals surface area contributed by atoms with Crippen molar-refractivity contribution < 1.29 is 9.59 Å². The third-order valence-electron chi connectivity index (χ3n) is 4.97. The van der Waals surface area contributed by atoms with Gasteiger partial charge in [-0.15, -0.1) is 0 Å². The van der Waals surface area contributed by atoms with Gasteiger partial charge in [-0.1, -0.05) is 37.3 Å². The van der Waals surface area contributed by atoms with Crippen LogP contribution in [0, 0.1) is 5.41 Å². The second kappa shape index (κ2) is 10.6. The van der Waals surface area contributed by atoms with E-state index >= 15 is 0 Å². The lowest BCUT2D eigenvalue weighted by atomic mass is 9.81. The van der Waals surface area contributed by atoms with Gasteiger partial charge in [-0.05, 0) is 55.3 Å². The maximum absolute atomic E-state index is 12.7. The molecular weight excluding hydrogens is 346 g/mol. The third-order valence-corrected chi connectivity index (χ3v) is 5.61. The zero-order chi connectivity index (χ0) is 18.8. The van der Waals surface area contributed by atoms with E-state index in [1.807, 2.05) is 36.6 Å². The van der Waals surface area contributed by atoms with Gasteiger partial charge in [0.25, 0.3) is 0 Å². The van der Waals surface area contributed by atoms with Gasteiger partial charge in [-0.3, -0.25) is 9.59 Å². The van der Waals surface area contributed by atoms with Crippen LogP contribution >= 0.6 is 11.8 Å². The first-order chi connectivity index (χ1) is 12.5. The molecule has 0 radical (unpaired) electrons. The molecule has 1 saturated heterocycles. The van der Waals surface area contributed by atoms with Crippen molar-refractivity contribution in [1.29, 1.82) is 0 Å². The zero-order valence-electron chi connectivity index (χ0n) is 15.8. The first-order valence-electron chi connectivity index (χ1n) is 9.33. The summed E-state index contributed by atoms with van der Waals surface area (Å²) in [6, 6.07) is 9.14. The van der Waals surface area contributed by atoms with E-state index in [0.29, 0.717) is 19.4 Å². The Kier molecular flexibility index (Phi) is 8.45. The fourth-order valence-corrected chi connectivity index (χ4v) is 3.63. The number of carbonyl (C=O) groups is 2. The van der Waals surface area contributed by atoms with Gasteiger partial charge < -0.3 is 16.0 Å². The molecule has 1 heterocycles. The Labute approximate surface area is 161 Å². The highest BCUT2D eigenvalue weighted by Crippen LogP contribution is 2.26. The molecule has 0 aliphatic carbocycles. The second-order valence-corrected chi connectivity index (χ2v) is 8.33. The maximum Gasteiger partial charge on any atom is 0.242 e. The van der Waals surface area contributed by atoms with Crippen molar-refractivity contribution in [2.24, 2.45) is 5.41 Å². The maximum atomic E-state index is 12.7. The summed E-state index contributed by atoms with van der Waals surface area (Å²) < 4.78 is 0. The molecule has 6 heteroatoms. The summed E-state index contributed by atoms with van der Waals surface area (Å²) in [5.74, 6) is 0.663. The van der Waals surface area contributed by atoms with E-state index in [4.69, 9.17) is 0 Å². The van der Waals surface area contributed by atoms with Crippen LogP contribution in [0.25, 0.3) is 0 Å². The lowest BCUT2D eigenvalue weighted by Gasteiger charge is -2.34. The van der Waals surface area contributed by atoms with Crippen molar-refractivity contribution in [3.63, 3.8) is 0 Å². The molecular formula is C20H31N3O2S. The van der Waals surface area contributed by atoms with Crippen LogP contribution < -0.4 is 16.0 Å². The number of amides is 2. The highest BCUT2D eigenvalue weighted by atomic mass is 32.2. The summed E-state index contributed by atoms with van der Waals surface area (Å²) in [4.78, 5) is 25.0. The number of benzene rings is 1. The topological polar surface area (TPSA) is 70.2 Å². The number of nitrogens with one attached hydrogen (secondary N) is 3. The Hall–Kier alpha value is -1.53. The first-order valence-corrected chi connectivity index (χ1v) is 10.7. The summed E-state index contributed by atoms with van der Waals surface area (Å²) in [5, 5.41) is 9.36. The molecule has 1 atom stereocenters. The fourth-order valence-electron chi connectivity index (χ4n) is 3.16. The smallest absolute Gasteiger partial charge is 0.242 e. The van der Waals surface area contributed by atoms with Crippen molar-refractivity contribution in [2.75, 3.05) is 31.6 Å². The molecule has 5 nitrogen and oxygen atoms in total. The Morgan fingerprint density at radius 2 is 1.92 bits per heavy atom. The molecule has 1 fully saturated rings. The molecule has 144 valence electrons. The second-order valence-electron chi connectivity index (χ2n) is 7.34. The average molecular weight is 378 g/mol. The predicted octanol–water partition coefficient (Wildman–Crippen LogP) is 1.97. The van der Waals surface area contributed by atoms with Gasteiger partial charge in [0.2, 0.25) is 11.8 Å². The number of hydrogen-bond donors (Lipinski definition) is 3. The SMILES string of the molecule is CSCCC(NC(=O)Cc1ccccc1)C(=O)NCC1(C)CCNCC1. The van der Waals surface area contributed by atoms with E-state index in [2.05, 4.69) is 22.9 Å². The minimum absolute atomic E-state index is 0.0692. The van der Waals surface area contributed by atoms with Gasteiger partial charge in [0, 0.05) is 6.54 Å². The Balaban J connectivity index is 1.88. The van der Waals surface area contributed by atoms with E-state index in [1.165, 1.54) is 0 Å². The van der Waals surface area contributed by atoms with Crippen molar-refractivity contribution >= 4 is 23.6 Å². The van der Waals surface area contributed by atoms with Crippen molar-refractivity contribution in [3.05, 3.63) is 35.9 Å². The van der Waals surface area contributed by atoms with Gasteiger partial charge in [-0.2, -0.15) is 11.8 Å². The normalized spacial score (nSPS) is 17.3. The monoisotopic (exact) mass is 377 g/mol. The van der Waals surface area contributed by atoms with Gasteiger partial charge >= 0.3 is 0 Å². The van der Waals surface area contributed by atoms with Crippen molar-refractivity contribution in [3.8, 4) is 0 Å². The van der Waals surface area contributed by atoms with Crippen LogP contribution in [0.15, 0.2) is 30.3 Å². The first kappa shape index (κ1) is 20.8. The number of piperidine rings is 1.